The van der Waals surface area contributed by atoms with Crippen LogP contribution in [0.3, 0.4) is 0 Å². The third-order valence-electron chi connectivity index (χ3n) is 1.87. The molecule has 3 heteroatoms. The molecule has 1 aromatic carbocycles. The molecule has 0 saturated heterocycles. The average molecular weight is 182 g/mol. The molecular weight excluding hydrogens is 167 g/mol. The first kappa shape index (κ1) is 9.99. The zero-order valence-corrected chi connectivity index (χ0v) is 7.83. The normalized spacial score (nSPS) is 10.7. The third kappa shape index (κ3) is 3.42. The van der Waals surface area contributed by atoms with E-state index in [1.54, 1.807) is 0 Å². The monoisotopic (exact) mass is 182 g/mol. The standard InChI is InChI=1S/C10H15FN2/c1-13(6-5-11)8-9-3-2-4-10(12)7-9/h2-4,7H,5-6,8,12H2,1H3. The number of hydrogen-bond acceptors (Lipinski definition) is 2. The van der Waals surface area contributed by atoms with Crippen molar-refractivity contribution in [2.45, 2.75) is 6.54 Å². The van der Waals surface area contributed by atoms with Crippen molar-refractivity contribution in [3.8, 4) is 0 Å². The molecule has 0 bridgehead atoms. The Hall–Kier alpha value is -1.09. The maximum atomic E-state index is 12.0. The lowest BCUT2D eigenvalue weighted by Gasteiger charge is -2.14. The molecule has 0 aromatic heterocycles. The first-order valence-electron chi connectivity index (χ1n) is 4.31. The second kappa shape index (κ2) is 4.82. The molecule has 0 radical (unpaired) electrons. The Balaban J connectivity index is 2.53. The summed E-state index contributed by atoms with van der Waals surface area (Å²) in [7, 11) is 1.89. The van der Waals surface area contributed by atoms with E-state index in [2.05, 4.69) is 0 Å². The Morgan fingerprint density at radius 1 is 1.46 bits per heavy atom. The van der Waals surface area contributed by atoms with Crippen LogP contribution in [0, 0.1) is 0 Å². The second-order valence-electron chi connectivity index (χ2n) is 3.17. The number of anilines is 1. The maximum Gasteiger partial charge on any atom is 0.102 e. The average Bonchev–Trinajstić information content (AvgIpc) is 2.04. The highest BCUT2D eigenvalue weighted by molar-refractivity contribution is 5.40. The molecule has 1 aromatic rings. The van der Waals surface area contributed by atoms with Gasteiger partial charge in [-0.2, -0.15) is 0 Å². The molecule has 0 unspecified atom stereocenters. The topological polar surface area (TPSA) is 29.3 Å². The summed E-state index contributed by atoms with van der Waals surface area (Å²) >= 11 is 0. The molecule has 72 valence electrons. The van der Waals surface area contributed by atoms with Crippen molar-refractivity contribution in [2.24, 2.45) is 0 Å². The van der Waals surface area contributed by atoms with E-state index >= 15 is 0 Å². The maximum absolute atomic E-state index is 12.0. The van der Waals surface area contributed by atoms with Crippen molar-refractivity contribution in [3.05, 3.63) is 29.8 Å². The molecule has 13 heavy (non-hydrogen) atoms. The van der Waals surface area contributed by atoms with Gasteiger partial charge in [0.1, 0.15) is 6.67 Å². The van der Waals surface area contributed by atoms with Gasteiger partial charge >= 0.3 is 0 Å². The minimum Gasteiger partial charge on any atom is -0.399 e. The van der Waals surface area contributed by atoms with E-state index in [0.29, 0.717) is 6.54 Å². The zero-order chi connectivity index (χ0) is 9.68. The van der Waals surface area contributed by atoms with Gasteiger partial charge in [0.15, 0.2) is 0 Å². The van der Waals surface area contributed by atoms with E-state index in [1.165, 1.54) is 0 Å². The minimum atomic E-state index is -0.307. The number of nitrogen functional groups attached to an aromatic ring is 1. The number of nitrogens with zero attached hydrogens (tertiary/aromatic N) is 1. The summed E-state index contributed by atoms with van der Waals surface area (Å²) in [4.78, 5) is 1.93. The highest BCUT2D eigenvalue weighted by Gasteiger charge is 1.99. The number of rotatable bonds is 4. The van der Waals surface area contributed by atoms with Crippen molar-refractivity contribution in [1.82, 2.24) is 4.90 Å². The molecule has 0 aliphatic rings. The summed E-state index contributed by atoms with van der Waals surface area (Å²) in [5.74, 6) is 0. The van der Waals surface area contributed by atoms with Gasteiger partial charge in [-0.15, -0.1) is 0 Å². The van der Waals surface area contributed by atoms with Crippen LogP contribution in [0.25, 0.3) is 0 Å². The van der Waals surface area contributed by atoms with Crippen LogP contribution in [-0.2, 0) is 6.54 Å². The molecular formula is C10H15FN2. The van der Waals surface area contributed by atoms with Crippen LogP contribution in [0.5, 0.6) is 0 Å². The third-order valence-corrected chi connectivity index (χ3v) is 1.87. The molecule has 0 aliphatic heterocycles. The van der Waals surface area contributed by atoms with Gasteiger partial charge in [0.2, 0.25) is 0 Å². The Morgan fingerprint density at radius 2 is 2.23 bits per heavy atom. The quantitative estimate of drug-likeness (QED) is 0.718. The Morgan fingerprint density at radius 3 is 2.85 bits per heavy atom. The predicted molar refractivity (Wildman–Crippen MR) is 53.2 cm³/mol. The van der Waals surface area contributed by atoms with Crippen molar-refractivity contribution >= 4 is 5.69 Å². The van der Waals surface area contributed by atoms with E-state index < -0.39 is 0 Å². The SMILES string of the molecule is CN(CCF)Cc1cccc(N)c1. The number of alkyl halides is 1. The van der Waals surface area contributed by atoms with Crippen LogP contribution in [-0.4, -0.2) is 25.2 Å². The fourth-order valence-corrected chi connectivity index (χ4v) is 1.23. The molecule has 0 aliphatic carbocycles. The van der Waals surface area contributed by atoms with Crippen LogP contribution in [0.1, 0.15) is 5.56 Å². The van der Waals surface area contributed by atoms with Gasteiger partial charge in [-0.25, -0.2) is 4.39 Å². The largest absolute Gasteiger partial charge is 0.399 e. The van der Waals surface area contributed by atoms with E-state index in [9.17, 15) is 4.39 Å². The summed E-state index contributed by atoms with van der Waals surface area (Å²) < 4.78 is 12.0. The number of benzene rings is 1. The molecule has 0 saturated carbocycles. The molecule has 0 amide bonds. The van der Waals surface area contributed by atoms with E-state index in [1.807, 2.05) is 36.2 Å². The highest BCUT2D eigenvalue weighted by Crippen LogP contribution is 2.08. The highest BCUT2D eigenvalue weighted by atomic mass is 19.1. The van der Waals surface area contributed by atoms with Gasteiger partial charge in [-0.1, -0.05) is 12.1 Å². The van der Waals surface area contributed by atoms with Crippen molar-refractivity contribution in [2.75, 3.05) is 26.0 Å². The van der Waals surface area contributed by atoms with Gasteiger partial charge in [0, 0.05) is 18.8 Å². The summed E-state index contributed by atoms with van der Waals surface area (Å²) in [6.07, 6.45) is 0. The van der Waals surface area contributed by atoms with Gasteiger partial charge in [0.25, 0.3) is 0 Å². The van der Waals surface area contributed by atoms with Crippen LogP contribution < -0.4 is 5.73 Å². The van der Waals surface area contributed by atoms with Gasteiger partial charge in [-0.05, 0) is 24.7 Å². The van der Waals surface area contributed by atoms with Gasteiger partial charge in [0.05, 0.1) is 0 Å². The van der Waals surface area contributed by atoms with Crippen molar-refractivity contribution < 1.29 is 4.39 Å². The number of hydrogen-bond donors (Lipinski definition) is 1. The molecule has 0 fully saturated rings. The van der Waals surface area contributed by atoms with Crippen LogP contribution in [0.15, 0.2) is 24.3 Å². The van der Waals surface area contributed by atoms with E-state index in [0.717, 1.165) is 17.8 Å². The lowest BCUT2D eigenvalue weighted by molar-refractivity contribution is 0.289. The summed E-state index contributed by atoms with van der Waals surface area (Å²) in [5.41, 5.74) is 7.49. The Labute approximate surface area is 78.2 Å². The predicted octanol–water partition coefficient (Wildman–Crippen LogP) is 1.67. The molecule has 2 nitrogen and oxygen atoms in total. The van der Waals surface area contributed by atoms with Gasteiger partial charge < -0.3 is 5.73 Å². The fraction of sp³-hybridized carbons (Fsp3) is 0.400. The summed E-state index contributed by atoms with van der Waals surface area (Å²) in [5, 5.41) is 0. The first-order chi connectivity index (χ1) is 6.22. The lowest BCUT2D eigenvalue weighted by Crippen LogP contribution is -2.20. The molecule has 2 N–H and O–H groups in total. The van der Waals surface area contributed by atoms with Crippen LogP contribution in [0.2, 0.25) is 0 Å². The minimum absolute atomic E-state index is 0.307. The van der Waals surface area contributed by atoms with E-state index in [-0.39, 0.29) is 6.67 Å². The lowest BCUT2D eigenvalue weighted by atomic mass is 10.2. The van der Waals surface area contributed by atoms with Crippen molar-refractivity contribution in [3.63, 3.8) is 0 Å². The number of halogens is 1. The van der Waals surface area contributed by atoms with Gasteiger partial charge in [-0.3, -0.25) is 4.90 Å². The Bertz CT molecular complexity index is 263. The van der Waals surface area contributed by atoms with Crippen molar-refractivity contribution in [1.29, 1.82) is 0 Å². The first-order valence-corrected chi connectivity index (χ1v) is 4.31. The summed E-state index contributed by atoms with van der Waals surface area (Å²) in [6, 6.07) is 7.66. The second-order valence-corrected chi connectivity index (χ2v) is 3.17. The number of nitrogens with two attached hydrogens (primary N) is 1. The van der Waals surface area contributed by atoms with Crippen LogP contribution >= 0.6 is 0 Å². The molecule has 0 spiro atoms. The zero-order valence-electron chi connectivity index (χ0n) is 7.83. The summed E-state index contributed by atoms with van der Waals surface area (Å²) in [6.45, 7) is 0.905. The Kier molecular flexibility index (Phi) is 3.71. The fourth-order valence-electron chi connectivity index (χ4n) is 1.23. The molecule has 0 atom stereocenters. The molecule has 1 rings (SSSR count). The van der Waals surface area contributed by atoms with Crippen LogP contribution in [0.4, 0.5) is 10.1 Å². The smallest absolute Gasteiger partial charge is 0.102 e. The molecule has 0 heterocycles. The van der Waals surface area contributed by atoms with E-state index in [4.69, 9.17) is 5.73 Å².